The highest BCUT2D eigenvalue weighted by atomic mass is 16.2. The van der Waals surface area contributed by atoms with Crippen LogP contribution >= 0.6 is 0 Å². The zero-order chi connectivity index (χ0) is 15.5. The molecule has 1 fully saturated rings. The summed E-state index contributed by atoms with van der Waals surface area (Å²) in [7, 11) is 0. The van der Waals surface area contributed by atoms with E-state index < -0.39 is 5.41 Å². The Labute approximate surface area is 126 Å². The Kier molecular flexibility index (Phi) is 4.78. The molecular formula is C17H24N2O2. The zero-order valence-corrected chi connectivity index (χ0v) is 12.9. The fraction of sp³-hybridized carbons (Fsp3) is 0.529. The van der Waals surface area contributed by atoms with Crippen molar-refractivity contribution < 1.29 is 9.59 Å². The van der Waals surface area contributed by atoms with Crippen molar-refractivity contribution in [3.8, 4) is 0 Å². The summed E-state index contributed by atoms with van der Waals surface area (Å²) < 4.78 is 0. The molecule has 1 aromatic carbocycles. The van der Waals surface area contributed by atoms with E-state index in [4.69, 9.17) is 5.73 Å². The summed E-state index contributed by atoms with van der Waals surface area (Å²) in [4.78, 5) is 26.4. The number of amides is 2. The minimum Gasteiger partial charge on any atom is -0.330 e. The Balaban J connectivity index is 2.29. The SMILES string of the molecule is CCC1(CC)CC(=O)N(c2cccc(CCCN)c2)C1=O. The van der Waals surface area contributed by atoms with Crippen LogP contribution in [-0.2, 0) is 16.0 Å². The van der Waals surface area contributed by atoms with Crippen LogP contribution in [0.2, 0.25) is 0 Å². The third kappa shape index (κ3) is 2.86. The second kappa shape index (κ2) is 6.39. The second-order valence-electron chi connectivity index (χ2n) is 5.76. The average molecular weight is 288 g/mol. The van der Waals surface area contributed by atoms with Gasteiger partial charge in [0.2, 0.25) is 11.8 Å². The molecule has 0 bridgehead atoms. The normalized spacial score (nSPS) is 17.6. The van der Waals surface area contributed by atoms with Crippen molar-refractivity contribution in [3.63, 3.8) is 0 Å². The van der Waals surface area contributed by atoms with E-state index in [1.807, 2.05) is 38.1 Å². The fourth-order valence-electron chi connectivity index (χ4n) is 3.02. The minimum atomic E-state index is -0.510. The van der Waals surface area contributed by atoms with Crippen molar-refractivity contribution in [2.24, 2.45) is 11.1 Å². The summed E-state index contributed by atoms with van der Waals surface area (Å²) in [5, 5.41) is 0. The number of rotatable bonds is 6. The van der Waals surface area contributed by atoms with E-state index in [-0.39, 0.29) is 11.8 Å². The molecule has 1 heterocycles. The van der Waals surface area contributed by atoms with Crippen LogP contribution < -0.4 is 10.6 Å². The second-order valence-corrected chi connectivity index (χ2v) is 5.76. The van der Waals surface area contributed by atoms with Crippen LogP contribution in [0.3, 0.4) is 0 Å². The first-order valence-corrected chi connectivity index (χ1v) is 7.74. The number of carbonyl (C=O) groups is 2. The molecule has 4 heteroatoms. The summed E-state index contributed by atoms with van der Waals surface area (Å²) in [6.45, 7) is 4.60. The third-order valence-corrected chi connectivity index (χ3v) is 4.59. The summed E-state index contributed by atoms with van der Waals surface area (Å²) in [6.07, 6.45) is 3.51. The lowest BCUT2D eigenvalue weighted by atomic mass is 9.81. The molecule has 1 aliphatic heterocycles. The number of aryl methyl sites for hydroxylation is 1. The molecule has 0 radical (unpaired) electrons. The first-order valence-electron chi connectivity index (χ1n) is 7.74. The topological polar surface area (TPSA) is 63.4 Å². The lowest BCUT2D eigenvalue weighted by Crippen LogP contribution is -2.35. The van der Waals surface area contributed by atoms with Crippen LogP contribution in [0.4, 0.5) is 5.69 Å². The molecule has 1 aromatic rings. The van der Waals surface area contributed by atoms with Gasteiger partial charge in [0.25, 0.3) is 0 Å². The van der Waals surface area contributed by atoms with Gasteiger partial charge in [0.1, 0.15) is 0 Å². The Morgan fingerprint density at radius 1 is 1.24 bits per heavy atom. The first kappa shape index (κ1) is 15.7. The van der Waals surface area contributed by atoms with E-state index in [9.17, 15) is 9.59 Å². The minimum absolute atomic E-state index is 0.0477. The monoisotopic (exact) mass is 288 g/mol. The van der Waals surface area contributed by atoms with Gasteiger partial charge < -0.3 is 5.73 Å². The van der Waals surface area contributed by atoms with Crippen molar-refractivity contribution in [1.29, 1.82) is 0 Å². The number of carbonyl (C=O) groups excluding carboxylic acids is 2. The molecule has 1 saturated heterocycles. The van der Waals surface area contributed by atoms with Gasteiger partial charge in [0, 0.05) is 6.42 Å². The van der Waals surface area contributed by atoms with Crippen LogP contribution in [0.1, 0.15) is 45.1 Å². The first-order chi connectivity index (χ1) is 10.1. The van der Waals surface area contributed by atoms with Gasteiger partial charge >= 0.3 is 0 Å². The maximum atomic E-state index is 12.7. The van der Waals surface area contributed by atoms with Gasteiger partial charge in [0.15, 0.2) is 0 Å². The number of anilines is 1. The molecular weight excluding hydrogens is 264 g/mol. The van der Waals surface area contributed by atoms with E-state index in [0.29, 0.717) is 31.5 Å². The molecule has 0 unspecified atom stereocenters. The smallest absolute Gasteiger partial charge is 0.240 e. The molecule has 21 heavy (non-hydrogen) atoms. The van der Waals surface area contributed by atoms with Gasteiger partial charge in [-0.15, -0.1) is 0 Å². The quantitative estimate of drug-likeness (QED) is 0.818. The molecule has 2 rings (SSSR count). The van der Waals surface area contributed by atoms with Gasteiger partial charge in [0.05, 0.1) is 11.1 Å². The van der Waals surface area contributed by atoms with Gasteiger partial charge in [-0.1, -0.05) is 26.0 Å². The van der Waals surface area contributed by atoms with E-state index >= 15 is 0 Å². The van der Waals surface area contributed by atoms with E-state index in [0.717, 1.165) is 18.4 Å². The van der Waals surface area contributed by atoms with Crippen molar-refractivity contribution >= 4 is 17.5 Å². The molecule has 0 aromatic heterocycles. The van der Waals surface area contributed by atoms with E-state index in [1.165, 1.54) is 4.90 Å². The lowest BCUT2D eigenvalue weighted by Gasteiger charge is -2.23. The highest BCUT2D eigenvalue weighted by molar-refractivity contribution is 6.22. The molecule has 4 nitrogen and oxygen atoms in total. The maximum absolute atomic E-state index is 12.7. The fourth-order valence-corrected chi connectivity index (χ4v) is 3.02. The van der Waals surface area contributed by atoms with Gasteiger partial charge in [-0.3, -0.25) is 14.5 Å². The molecule has 114 valence electrons. The standard InChI is InChI=1S/C17H24N2O2/c1-3-17(4-2)12-15(20)19(16(17)21)14-9-5-7-13(11-14)8-6-10-18/h5,7,9,11H,3-4,6,8,10,12,18H2,1-2H3. The largest absolute Gasteiger partial charge is 0.330 e. The number of imide groups is 1. The van der Waals surface area contributed by atoms with Crippen LogP contribution in [0.25, 0.3) is 0 Å². The van der Waals surface area contributed by atoms with Gasteiger partial charge in [-0.25, -0.2) is 0 Å². The Morgan fingerprint density at radius 2 is 1.95 bits per heavy atom. The van der Waals surface area contributed by atoms with Crippen molar-refractivity contribution in [1.82, 2.24) is 0 Å². The Morgan fingerprint density at radius 3 is 2.52 bits per heavy atom. The van der Waals surface area contributed by atoms with Crippen LogP contribution in [0.5, 0.6) is 0 Å². The molecule has 0 aliphatic carbocycles. The van der Waals surface area contributed by atoms with Crippen LogP contribution in [0, 0.1) is 5.41 Å². The highest BCUT2D eigenvalue weighted by Crippen LogP contribution is 2.41. The number of hydrogen-bond acceptors (Lipinski definition) is 3. The maximum Gasteiger partial charge on any atom is 0.240 e. The lowest BCUT2D eigenvalue weighted by molar-refractivity contribution is -0.126. The highest BCUT2D eigenvalue weighted by Gasteiger charge is 2.49. The molecule has 0 atom stereocenters. The predicted octanol–water partition coefficient (Wildman–Crippen LogP) is 2.65. The number of benzene rings is 1. The van der Waals surface area contributed by atoms with Gasteiger partial charge in [-0.2, -0.15) is 0 Å². The molecule has 1 aliphatic rings. The van der Waals surface area contributed by atoms with Crippen LogP contribution in [0.15, 0.2) is 24.3 Å². The van der Waals surface area contributed by atoms with Crippen LogP contribution in [-0.4, -0.2) is 18.4 Å². The zero-order valence-electron chi connectivity index (χ0n) is 12.9. The summed E-state index contributed by atoms with van der Waals surface area (Å²) in [6, 6.07) is 7.69. The Bertz CT molecular complexity index is 535. The number of nitrogens with zero attached hydrogens (tertiary/aromatic N) is 1. The predicted molar refractivity (Wildman–Crippen MR) is 83.9 cm³/mol. The van der Waals surface area contributed by atoms with Crippen molar-refractivity contribution in [2.45, 2.75) is 46.0 Å². The number of hydrogen-bond donors (Lipinski definition) is 1. The van der Waals surface area contributed by atoms with E-state index in [1.54, 1.807) is 0 Å². The molecule has 0 saturated carbocycles. The average Bonchev–Trinajstić information content (AvgIpc) is 2.76. The summed E-state index contributed by atoms with van der Waals surface area (Å²) in [5.41, 5.74) is 6.84. The molecule has 0 spiro atoms. The van der Waals surface area contributed by atoms with Crippen molar-refractivity contribution in [2.75, 3.05) is 11.4 Å². The Hall–Kier alpha value is -1.68. The van der Waals surface area contributed by atoms with Crippen molar-refractivity contribution in [3.05, 3.63) is 29.8 Å². The molecule has 2 amide bonds. The summed E-state index contributed by atoms with van der Waals surface area (Å²) in [5.74, 6) is -0.131. The molecule has 2 N–H and O–H groups in total. The van der Waals surface area contributed by atoms with Gasteiger partial charge in [-0.05, 0) is 49.9 Å². The third-order valence-electron chi connectivity index (χ3n) is 4.59. The summed E-state index contributed by atoms with van der Waals surface area (Å²) >= 11 is 0. The van der Waals surface area contributed by atoms with E-state index in [2.05, 4.69) is 0 Å². The number of nitrogens with two attached hydrogens (primary N) is 1.